The summed E-state index contributed by atoms with van der Waals surface area (Å²) in [6, 6.07) is 16.1. The minimum atomic E-state index is -3.71. The Morgan fingerprint density at radius 2 is 1.85 bits per heavy atom. The minimum absolute atomic E-state index is 0.0357. The highest BCUT2D eigenvalue weighted by atomic mass is 32.2. The molecule has 2 amide bonds. The Hall–Kier alpha value is -3.64. The standard InChI is InChI=1S/C27H29F2N5O4S/c1-18-17-38-14-13-34(18)24-15-22(27(11-12-27)39(36,37)21-5-3-2-4-6-21)32-25(33-24)19-7-9-20(10-8-19)31-26(35)30-16-23(28)29/h2-10,15,18,23H,11-14,16-17H2,1H3,(H2,30,31,35)/t18-/m0/s1. The summed E-state index contributed by atoms with van der Waals surface area (Å²) in [5.74, 6) is 0.971. The normalized spacial score (nSPS) is 18.6. The van der Waals surface area contributed by atoms with Gasteiger partial charge in [-0.15, -0.1) is 0 Å². The molecule has 206 valence electrons. The number of amides is 2. The average molecular weight is 558 g/mol. The third-order valence-corrected chi connectivity index (χ3v) is 9.47. The molecule has 2 fully saturated rings. The molecule has 0 radical (unpaired) electrons. The van der Waals surface area contributed by atoms with Gasteiger partial charge in [-0.25, -0.2) is 32.0 Å². The Labute approximate surface area is 225 Å². The Morgan fingerprint density at radius 1 is 1.13 bits per heavy atom. The average Bonchev–Trinajstić information content (AvgIpc) is 3.76. The van der Waals surface area contributed by atoms with Gasteiger partial charge in [0.25, 0.3) is 6.43 Å². The van der Waals surface area contributed by atoms with Gasteiger partial charge < -0.3 is 20.3 Å². The number of nitrogens with zero attached hydrogens (tertiary/aromatic N) is 3. The second kappa shape index (κ2) is 10.9. The lowest BCUT2D eigenvalue weighted by Crippen LogP contribution is -2.44. The maximum absolute atomic E-state index is 13.8. The summed E-state index contributed by atoms with van der Waals surface area (Å²) in [6.45, 7) is 2.93. The molecule has 1 saturated carbocycles. The molecule has 1 aliphatic heterocycles. The van der Waals surface area contributed by atoms with Crippen LogP contribution in [0.2, 0.25) is 0 Å². The Morgan fingerprint density at radius 3 is 2.49 bits per heavy atom. The highest BCUT2D eigenvalue weighted by molar-refractivity contribution is 7.92. The van der Waals surface area contributed by atoms with Crippen molar-refractivity contribution in [2.45, 2.75) is 41.9 Å². The maximum atomic E-state index is 13.8. The first kappa shape index (κ1) is 26.9. The van der Waals surface area contributed by atoms with Crippen molar-refractivity contribution in [3.63, 3.8) is 0 Å². The number of nitrogens with one attached hydrogen (secondary N) is 2. The van der Waals surface area contributed by atoms with Crippen molar-refractivity contribution in [2.24, 2.45) is 0 Å². The Balaban J connectivity index is 1.51. The van der Waals surface area contributed by atoms with Crippen LogP contribution in [0.25, 0.3) is 11.4 Å². The lowest BCUT2D eigenvalue weighted by Gasteiger charge is -2.34. The summed E-state index contributed by atoms with van der Waals surface area (Å²) in [4.78, 5) is 23.7. The van der Waals surface area contributed by atoms with Crippen molar-refractivity contribution in [3.8, 4) is 11.4 Å². The lowest BCUT2D eigenvalue weighted by atomic mass is 10.1. The smallest absolute Gasteiger partial charge is 0.319 e. The number of morpholine rings is 1. The quantitative estimate of drug-likeness (QED) is 0.426. The summed E-state index contributed by atoms with van der Waals surface area (Å²) in [7, 11) is -3.71. The van der Waals surface area contributed by atoms with E-state index in [1.807, 2.05) is 6.92 Å². The fourth-order valence-corrected chi connectivity index (χ4v) is 6.65. The monoisotopic (exact) mass is 557 g/mol. The molecule has 5 rings (SSSR count). The van der Waals surface area contributed by atoms with Crippen molar-refractivity contribution in [1.82, 2.24) is 15.3 Å². The van der Waals surface area contributed by atoms with Crippen LogP contribution in [0.15, 0.2) is 65.6 Å². The number of urea groups is 1. The first-order chi connectivity index (χ1) is 18.7. The zero-order valence-corrected chi connectivity index (χ0v) is 22.1. The van der Waals surface area contributed by atoms with Crippen molar-refractivity contribution in [2.75, 3.05) is 36.5 Å². The van der Waals surface area contributed by atoms with Gasteiger partial charge in [-0.3, -0.25) is 0 Å². The molecule has 0 unspecified atom stereocenters. The van der Waals surface area contributed by atoms with E-state index < -0.39 is 33.6 Å². The molecule has 39 heavy (non-hydrogen) atoms. The first-order valence-electron chi connectivity index (χ1n) is 12.7. The van der Waals surface area contributed by atoms with E-state index in [-0.39, 0.29) is 10.9 Å². The second-order valence-corrected chi connectivity index (χ2v) is 11.9. The van der Waals surface area contributed by atoms with E-state index in [2.05, 4.69) is 15.5 Å². The highest BCUT2D eigenvalue weighted by Gasteiger charge is 2.58. The molecule has 1 aliphatic carbocycles. The zero-order chi connectivity index (χ0) is 27.6. The van der Waals surface area contributed by atoms with Crippen molar-refractivity contribution in [1.29, 1.82) is 0 Å². The van der Waals surface area contributed by atoms with Gasteiger partial charge in [0.2, 0.25) is 0 Å². The van der Waals surface area contributed by atoms with Gasteiger partial charge in [-0.2, -0.15) is 0 Å². The summed E-state index contributed by atoms with van der Waals surface area (Å²) in [5.41, 5.74) is 1.46. The zero-order valence-electron chi connectivity index (χ0n) is 21.3. The molecule has 9 nitrogen and oxygen atoms in total. The van der Waals surface area contributed by atoms with Crippen LogP contribution in [0.4, 0.5) is 25.1 Å². The summed E-state index contributed by atoms with van der Waals surface area (Å²) in [6.07, 6.45) is -1.74. The number of anilines is 2. The summed E-state index contributed by atoms with van der Waals surface area (Å²) < 4.78 is 56.7. The van der Waals surface area contributed by atoms with E-state index in [1.165, 1.54) is 0 Å². The second-order valence-electron chi connectivity index (χ2n) is 9.67. The number of aromatic nitrogens is 2. The molecule has 2 heterocycles. The summed E-state index contributed by atoms with van der Waals surface area (Å²) in [5, 5.41) is 4.59. The number of ether oxygens (including phenoxy) is 1. The molecule has 2 N–H and O–H groups in total. The van der Waals surface area contributed by atoms with Crippen LogP contribution in [0.3, 0.4) is 0 Å². The van der Waals surface area contributed by atoms with Gasteiger partial charge in [0.05, 0.1) is 36.4 Å². The van der Waals surface area contributed by atoms with Crippen molar-refractivity contribution in [3.05, 3.63) is 66.4 Å². The number of sulfone groups is 1. The molecule has 2 aromatic carbocycles. The van der Waals surface area contributed by atoms with Crippen LogP contribution >= 0.6 is 0 Å². The Kier molecular flexibility index (Phi) is 7.50. The van der Waals surface area contributed by atoms with E-state index in [9.17, 15) is 22.0 Å². The molecule has 0 spiro atoms. The van der Waals surface area contributed by atoms with E-state index in [4.69, 9.17) is 14.7 Å². The van der Waals surface area contributed by atoms with Gasteiger partial charge in [-0.05, 0) is 56.2 Å². The fourth-order valence-electron chi connectivity index (χ4n) is 4.66. The molecular formula is C27H29F2N5O4S. The number of carbonyl (C=O) groups is 1. The highest BCUT2D eigenvalue weighted by Crippen LogP contribution is 2.55. The van der Waals surface area contributed by atoms with Crippen LogP contribution in [0.1, 0.15) is 25.5 Å². The predicted molar refractivity (Wildman–Crippen MR) is 143 cm³/mol. The molecule has 0 bridgehead atoms. The molecule has 1 saturated heterocycles. The molecule has 1 atom stereocenters. The number of rotatable bonds is 8. The lowest BCUT2D eigenvalue weighted by molar-refractivity contribution is 0.0985. The topological polar surface area (TPSA) is 114 Å². The van der Waals surface area contributed by atoms with E-state index in [0.29, 0.717) is 61.2 Å². The first-order valence-corrected chi connectivity index (χ1v) is 14.1. The van der Waals surface area contributed by atoms with E-state index in [1.54, 1.807) is 60.7 Å². The fraction of sp³-hybridized carbons (Fsp3) is 0.370. The molecular weight excluding hydrogens is 528 g/mol. The van der Waals surface area contributed by atoms with Crippen molar-refractivity contribution >= 4 is 27.4 Å². The van der Waals surface area contributed by atoms with Gasteiger partial charge in [0.15, 0.2) is 15.7 Å². The van der Waals surface area contributed by atoms with Crippen LogP contribution in [-0.2, 0) is 19.3 Å². The van der Waals surface area contributed by atoms with Gasteiger partial charge in [0, 0.05) is 23.9 Å². The number of hydrogen-bond acceptors (Lipinski definition) is 7. The molecule has 12 heteroatoms. The van der Waals surface area contributed by atoms with Gasteiger partial charge in [0.1, 0.15) is 10.6 Å². The largest absolute Gasteiger partial charge is 0.377 e. The summed E-state index contributed by atoms with van der Waals surface area (Å²) >= 11 is 0. The number of carbonyl (C=O) groups excluding carboxylic acids is 1. The molecule has 2 aliphatic rings. The van der Waals surface area contributed by atoms with E-state index >= 15 is 0 Å². The van der Waals surface area contributed by atoms with Crippen LogP contribution in [-0.4, -0.2) is 63.2 Å². The third-order valence-electron chi connectivity index (χ3n) is 6.93. The van der Waals surface area contributed by atoms with E-state index in [0.717, 1.165) is 0 Å². The third kappa shape index (κ3) is 5.57. The minimum Gasteiger partial charge on any atom is -0.377 e. The number of alkyl halides is 2. The Bertz CT molecular complexity index is 1430. The van der Waals surface area contributed by atoms with Gasteiger partial charge in [-0.1, -0.05) is 18.2 Å². The van der Waals surface area contributed by atoms with Crippen molar-refractivity contribution < 1.29 is 26.7 Å². The number of halogens is 2. The van der Waals surface area contributed by atoms with Crippen LogP contribution in [0, 0.1) is 0 Å². The van der Waals surface area contributed by atoms with Crippen LogP contribution in [0.5, 0.6) is 0 Å². The number of hydrogen-bond donors (Lipinski definition) is 2. The maximum Gasteiger partial charge on any atom is 0.319 e. The number of benzene rings is 2. The predicted octanol–water partition coefficient (Wildman–Crippen LogP) is 4.22. The molecule has 1 aromatic heterocycles. The van der Waals surface area contributed by atoms with Crippen LogP contribution < -0.4 is 15.5 Å². The SMILES string of the molecule is C[C@H]1COCCN1c1cc(C2(S(=O)(=O)c3ccccc3)CC2)nc(-c2ccc(NC(=O)NCC(F)F)cc2)n1. The molecule has 3 aromatic rings. The van der Waals surface area contributed by atoms with Gasteiger partial charge >= 0.3 is 6.03 Å².